The van der Waals surface area contributed by atoms with Crippen LogP contribution in [0.5, 0.6) is 0 Å². The van der Waals surface area contributed by atoms with E-state index in [0.29, 0.717) is 10.7 Å². The van der Waals surface area contributed by atoms with Crippen molar-refractivity contribution in [1.82, 2.24) is 4.57 Å². The van der Waals surface area contributed by atoms with Crippen LogP contribution in [-0.2, 0) is 14.4 Å². The Labute approximate surface area is 179 Å². The molecule has 0 aliphatic heterocycles. The van der Waals surface area contributed by atoms with Crippen LogP contribution in [-0.4, -0.2) is 29.5 Å². The maximum atomic E-state index is 13.5. The van der Waals surface area contributed by atoms with E-state index in [-0.39, 0.29) is 19.0 Å². The van der Waals surface area contributed by atoms with Gasteiger partial charge in [0.1, 0.15) is 5.82 Å². The summed E-state index contributed by atoms with van der Waals surface area (Å²) in [6, 6.07) is 15.7. The molecule has 1 heterocycles. The Morgan fingerprint density at radius 2 is 1.90 bits per heavy atom. The first kappa shape index (κ1) is 21.6. The molecule has 5 nitrogen and oxygen atoms in total. The Morgan fingerprint density at radius 1 is 1.17 bits per heavy atom. The zero-order chi connectivity index (χ0) is 21.7. The summed E-state index contributed by atoms with van der Waals surface area (Å²) >= 11 is 6.21. The van der Waals surface area contributed by atoms with Crippen molar-refractivity contribution in [3.05, 3.63) is 76.7 Å². The number of benzene rings is 2. The van der Waals surface area contributed by atoms with Crippen LogP contribution in [0.2, 0.25) is 5.02 Å². The quantitative estimate of drug-likeness (QED) is 0.281. The summed E-state index contributed by atoms with van der Waals surface area (Å²) in [6.07, 6.45) is 0. The fourth-order valence-electron chi connectivity index (χ4n) is 3.19. The van der Waals surface area contributed by atoms with Gasteiger partial charge in [-0.2, -0.15) is 0 Å². The summed E-state index contributed by atoms with van der Waals surface area (Å²) < 4.78 is 20.3. The smallest absolute Gasteiger partial charge is 0.347 e. The first-order valence-electron chi connectivity index (χ1n) is 9.47. The average Bonchev–Trinajstić information content (AvgIpc) is 3.06. The molecular weight excluding hydrogens is 407 g/mol. The molecule has 0 aliphatic rings. The lowest BCUT2D eigenvalue weighted by Crippen LogP contribution is -2.11. The van der Waals surface area contributed by atoms with Gasteiger partial charge in [0.05, 0.1) is 18.0 Å². The lowest BCUT2D eigenvalue weighted by Gasteiger charge is -2.13. The summed E-state index contributed by atoms with van der Waals surface area (Å²) in [5.41, 5.74) is 4.89. The van der Waals surface area contributed by atoms with Crippen LogP contribution in [0, 0.1) is 12.7 Å². The summed E-state index contributed by atoms with van der Waals surface area (Å²) in [6.45, 7) is 5.50. The molecule has 7 heteroatoms. The molecule has 0 fully saturated rings. The predicted molar refractivity (Wildman–Crippen MR) is 116 cm³/mol. The number of esters is 1. The Hall–Kier alpha value is -3.12. The number of nitrogens with zero attached hydrogens (tertiary/aromatic N) is 2. The van der Waals surface area contributed by atoms with E-state index < -0.39 is 5.97 Å². The SMILES string of the molecule is CCOC(=O)CO/N=C(/C)c1cc(-c2ccc(F)cc2)n(-c2cccc(Cl)c2)c1C. The van der Waals surface area contributed by atoms with Crippen molar-refractivity contribution in [2.75, 3.05) is 13.2 Å². The van der Waals surface area contributed by atoms with Crippen molar-refractivity contribution in [2.24, 2.45) is 5.16 Å². The lowest BCUT2D eigenvalue weighted by molar-refractivity contribution is -0.148. The second-order valence-corrected chi connectivity index (χ2v) is 7.04. The van der Waals surface area contributed by atoms with Crippen LogP contribution in [0.1, 0.15) is 25.1 Å². The molecular formula is C23H22ClFN2O3. The molecule has 1 aromatic heterocycles. The maximum Gasteiger partial charge on any atom is 0.347 e. The first-order chi connectivity index (χ1) is 14.4. The van der Waals surface area contributed by atoms with E-state index in [1.807, 2.05) is 35.8 Å². The number of aromatic nitrogens is 1. The van der Waals surface area contributed by atoms with E-state index in [1.54, 1.807) is 32.0 Å². The molecule has 3 rings (SSSR count). The van der Waals surface area contributed by atoms with Crippen LogP contribution in [0.4, 0.5) is 4.39 Å². The monoisotopic (exact) mass is 428 g/mol. The van der Waals surface area contributed by atoms with Gasteiger partial charge < -0.3 is 14.1 Å². The summed E-state index contributed by atoms with van der Waals surface area (Å²) in [4.78, 5) is 16.6. The van der Waals surface area contributed by atoms with Crippen molar-refractivity contribution < 1.29 is 18.8 Å². The second kappa shape index (κ2) is 9.59. The van der Waals surface area contributed by atoms with Crippen molar-refractivity contribution in [3.8, 4) is 16.9 Å². The maximum absolute atomic E-state index is 13.5. The van der Waals surface area contributed by atoms with Crippen LogP contribution in [0.25, 0.3) is 16.9 Å². The van der Waals surface area contributed by atoms with Crippen LogP contribution in [0.15, 0.2) is 59.8 Å². The molecule has 0 bridgehead atoms. The van der Waals surface area contributed by atoms with Gasteiger partial charge in [0, 0.05) is 22.0 Å². The van der Waals surface area contributed by atoms with Crippen LogP contribution < -0.4 is 0 Å². The predicted octanol–water partition coefficient (Wildman–Crippen LogP) is 5.55. The largest absolute Gasteiger partial charge is 0.463 e. The number of hydrogen-bond donors (Lipinski definition) is 0. The minimum absolute atomic E-state index is 0.260. The third kappa shape index (κ3) is 4.89. The number of oxime groups is 1. The number of ether oxygens (including phenoxy) is 1. The molecule has 3 aromatic rings. The zero-order valence-electron chi connectivity index (χ0n) is 17.0. The van der Waals surface area contributed by atoms with Crippen molar-refractivity contribution >= 4 is 23.3 Å². The molecule has 0 atom stereocenters. The molecule has 0 saturated carbocycles. The third-order valence-corrected chi connectivity index (χ3v) is 4.77. The van der Waals surface area contributed by atoms with Crippen LogP contribution >= 0.6 is 11.6 Å². The number of carbonyl (C=O) groups is 1. The summed E-state index contributed by atoms with van der Waals surface area (Å²) in [5.74, 6) is -0.782. The highest BCUT2D eigenvalue weighted by Gasteiger charge is 2.17. The highest BCUT2D eigenvalue weighted by atomic mass is 35.5. The average molecular weight is 429 g/mol. The van der Waals surface area contributed by atoms with Crippen LogP contribution in [0.3, 0.4) is 0 Å². The lowest BCUT2D eigenvalue weighted by atomic mass is 10.1. The molecule has 0 amide bonds. The summed E-state index contributed by atoms with van der Waals surface area (Å²) in [5, 5.41) is 4.67. The number of rotatable bonds is 7. The van der Waals surface area contributed by atoms with Gasteiger partial charge in [-0.15, -0.1) is 0 Å². The van der Waals surface area contributed by atoms with Gasteiger partial charge in [0.2, 0.25) is 6.61 Å². The Balaban J connectivity index is 2.04. The molecule has 0 saturated heterocycles. The van der Waals surface area contributed by atoms with E-state index in [9.17, 15) is 9.18 Å². The second-order valence-electron chi connectivity index (χ2n) is 6.61. The normalized spacial score (nSPS) is 11.4. The van der Waals surface area contributed by atoms with Gasteiger partial charge in [0.25, 0.3) is 0 Å². The fraction of sp³-hybridized carbons (Fsp3) is 0.217. The molecule has 2 aromatic carbocycles. The standard InChI is InChI=1S/C23H22ClFN2O3/c1-4-29-23(28)14-30-26-15(2)21-13-22(17-8-10-19(25)11-9-17)27(16(21)3)20-7-5-6-18(24)12-20/h5-13H,4,14H2,1-3H3/b26-15-. The van der Waals surface area contributed by atoms with Gasteiger partial charge in [0.15, 0.2) is 0 Å². The van der Waals surface area contributed by atoms with E-state index >= 15 is 0 Å². The minimum Gasteiger partial charge on any atom is -0.463 e. The fourth-order valence-corrected chi connectivity index (χ4v) is 3.37. The van der Waals surface area contributed by atoms with Crippen molar-refractivity contribution in [2.45, 2.75) is 20.8 Å². The van der Waals surface area contributed by atoms with E-state index in [1.165, 1.54) is 12.1 Å². The molecule has 156 valence electrons. The van der Waals surface area contributed by atoms with E-state index in [2.05, 4.69) is 5.16 Å². The zero-order valence-corrected chi connectivity index (χ0v) is 17.7. The Morgan fingerprint density at radius 3 is 2.57 bits per heavy atom. The minimum atomic E-state index is -0.478. The van der Waals surface area contributed by atoms with Gasteiger partial charge >= 0.3 is 5.97 Å². The summed E-state index contributed by atoms with van der Waals surface area (Å²) in [7, 11) is 0. The Kier molecular flexibility index (Phi) is 6.90. The molecule has 0 N–H and O–H groups in total. The highest BCUT2D eigenvalue weighted by molar-refractivity contribution is 6.30. The van der Waals surface area contributed by atoms with Gasteiger partial charge in [-0.1, -0.05) is 22.8 Å². The first-order valence-corrected chi connectivity index (χ1v) is 9.85. The van der Waals surface area contributed by atoms with Gasteiger partial charge in [-0.05, 0) is 74.9 Å². The van der Waals surface area contributed by atoms with Gasteiger partial charge in [-0.25, -0.2) is 9.18 Å². The molecule has 0 spiro atoms. The highest BCUT2D eigenvalue weighted by Crippen LogP contribution is 2.31. The number of hydrogen-bond acceptors (Lipinski definition) is 4. The topological polar surface area (TPSA) is 52.8 Å². The molecule has 30 heavy (non-hydrogen) atoms. The Bertz CT molecular complexity index is 1070. The molecule has 0 unspecified atom stereocenters. The number of carbonyl (C=O) groups excluding carboxylic acids is 1. The van der Waals surface area contributed by atoms with Crippen molar-refractivity contribution in [1.29, 1.82) is 0 Å². The number of halogens is 2. The molecule has 0 radical (unpaired) electrons. The third-order valence-electron chi connectivity index (χ3n) is 4.53. The molecule has 0 aliphatic carbocycles. The van der Waals surface area contributed by atoms with Gasteiger partial charge in [-0.3, -0.25) is 0 Å². The van der Waals surface area contributed by atoms with Crippen molar-refractivity contribution in [3.63, 3.8) is 0 Å². The van der Waals surface area contributed by atoms with E-state index in [0.717, 1.165) is 28.2 Å². The van der Waals surface area contributed by atoms with E-state index in [4.69, 9.17) is 21.2 Å².